The van der Waals surface area contributed by atoms with E-state index in [0.717, 1.165) is 33.9 Å². The number of benzene rings is 1. The third-order valence-corrected chi connectivity index (χ3v) is 3.11. The van der Waals surface area contributed by atoms with Gasteiger partial charge >= 0.3 is 0 Å². The van der Waals surface area contributed by atoms with Gasteiger partial charge in [-0.3, -0.25) is 9.98 Å². The second kappa shape index (κ2) is 11.9. The Balaban J connectivity index is 0.00000123. The summed E-state index contributed by atoms with van der Waals surface area (Å²) < 4.78 is 0. The number of aromatic nitrogens is 2. The molecule has 1 aromatic carbocycles. The first kappa shape index (κ1) is 21.4. The maximum atomic E-state index is 4.70. The van der Waals surface area contributed by atoms with Crippen LogP contribution in [0.15, 0.2) is 59.9 Å². The second-order valence-electron chi connectivity index (χ2n) is 4.42. The molecule has 0 aliphatic rings. The van der Waals surface area contributed by atoms with Crippen molar-refractivity contribution in [2.75, 3.05) is 0 Å². The third kappa shape index (κ3) is 5.58. The van der Waals surface area contributed by atoms with Crippen molar-refractivity contribution in [2.24, 2.45) is 4.99 Å². The largest absolute Gasteiger partial charge is 0.269 e. The number of hydrogen-bond donors (Lipinski definition) is 0. The molecule has 0 N–H and O–H groups in total. The van der Waals surface area contributed by atoms with Crippen LogP contribution in [0.1, 0.15) is 46.0 Å². The van der Waals surface area contributed by atoms with Crippen LogP contribution in [0, 0.1) is 6.92 Å². The molecule has 1 heterocycles. The number of nitrogens with zero attached hydrogens (tertiary/aromatic N) is 3. The lowest BCUT2D eigenvalue weighted by molar-refractivity contribution is 1.09. The lowest BCUT2D eigenvalue weighted by Crippen LogP contribution is -1.99. The lowest BCUT2D eigenvalue weighted by Gasteiger charge is -2.09. The predicted octanol–water partition coefficient (Wildman–Crippen LogP) is 6.12. The van der Waals surface area contributed by atoms with E-state index in [0.29, 0.717) is 0 Å². The molecular formula is C21H29N3. The number of allylic oxidation sites excluding steroid dienone is 3. The van der Waals surface area contributed by atoms with Crippen molar-refractivity contribution in [2.45, 2.75) is 41.5 Å². The van der Waals surface area contributed by atoms with E-state index < -0.39 is 0 Å². The molecule has 0 atom stereocenters. The molecule has 24 heavy (non-hydrogen) atoms. The van der Waals surface area contributed by atoms with Gasteiger partial charge < -0.3 is 0 Å². The minimum atomic E-state index is 0.794. The Morgan fingerprint density at radius 3 is 2.17 bits per heavy atom. The van der Waals surface area contributed by atoms with Crippen LogP contribution < -0.4 is 0 Å². The van der Waals surface area contributed by atoms with Crippen molar-refractivity contribution in [3.8, 4) is 11.3 Å². The van der Waals surface area contributed by atoms with Gasteiger partial charge in [0.1, 0.15) is 0 Å². The molecule has 0 saturated carbocycles. The molecular weight excluding hydrogens is 294 g/mol. The lowest BCUT2D eigenvalue weighted by atomic mass is 10.1. The molecule has 0 spiro atoms. The molecule has 3 heteroatoms. The van der Waals surface area contributed by atoms with Crippen LogP contribution in [0.3, 0.4) is 0 Å². The van der Waals surface area contributed by atoms with Gasteiger partial charge in [0.15, 0.2) is 0 Å². The molecule has 2 rings (SSSR count). The molecule has 0 unspecified atom stereocenters. The minimum absolute atomic E-state index is 0.794. The highest BCUT2D eigenvalue weighted by molar-refractivity contribution is 5.76. The second-order valence-corrected chi connectivity index (χ2v) is 4.42. The number of aliphatic imine (C=N–C) groups is 1. The zero-order valence-corrected chi connectivity index (χ0v) is 15.8. The van der Waals surface area contributed by atoms with Crippen LogP contribution >= 0.6 is 0 Å². The molecule has 0 amide bonds. The highest BCUT2D eigenvalue weighted by atomic mass is 14.8. The smallest absolute Gasteiger partial charge is 0.0939 e. The maximum Gasteiger partial charge on any atom is 0.0939 e. The summed E-state index contributed by atoms with van der Waals surface area (Å²) in [6.45, 7) is 19.2. The van der Waals surface area contributed by atoms with Gasteiger partial charge in [-0.05, 0) is 20.6 Å². The Morgan fingerprint density at radius 1 is 1.08 bits per heavy atom. The van der Waals surface area contributed by atoms with Crippen LogP contribution in [0.2, 0.25) is 0 Å². The van der Waals surface area contributed by atoms with Crippen molar-refractivity contribution in [1.29, 1.82) is 0 Å². The molecule has 0 fully saturated rings. The number of rotatable bonds is 4. The van der Waals surface area contributed by atoms with E-state index in [9.17, 15) is 0 Å². The van der Waals surface area contributed by atoms with Gasteiger partial charge in [-0.1, -0.05) is 70.7 Å². The fourth-order valence-electron chi connectivity index (χ4n) is 1.95. The summed E-state index contributed by atoms with van der Waals surface area (Å²) in [7, 11) is 0. The normalized spacial score (nSPS) is 10.2. The van der Waals surface area contributed by atoms with Crippen LogP contribution in [-0.4, -0.2) is 16.7 Å². The fraction of sp³-hybridized carbons (Fsp3) is 0.286. The molecule has 128 valence electrons. The van der Waals surface area contributed by atoms with E-state index in [2.05, 4.69) is 23.3 Å². The van der Waals surface area contributed by atoms with Gasteiger partial charge in [0.25, 0.3) is 0 Å². The SMILES string of the molecule is C=C/C(=C(/C)N=C)c1nc(-c2ccccc2)cnc1C.CC.CC. The van der Waals surface area contributed by atoms with E-state index in [1.807, 2.05) is 71.9 Å². The van der Waals surface area contributed by atoms with Crippen molar-refractivity contribution < 1.29 is 0 Å². The Labute approximate surface area is 146 Å². The molecule has 2 aromatic rings. The standard InChI is InChI=1S/C17H17N3.2C2H6/c1-5-15(12(2)18-4)17-13(3)19-11-16(20-17)14-9-7-6-8-10-14;2*1-2/h5-11H,1,4H2,2-3H3;2*1-2H3/b15-12+;;. The summed E-state index contributed by atoms with van der Waals surface area (Å²) in [4.78, 5) is 13.1. The van der Waals surface area contributed by atoms with Gasteiger partial charge in [-0.2, -0.15) is 0 Å². The summed E-state index contributed by atoms with van der Waals surface area (Å²) in [5, 5.41) is 0. The van der Waals surface area contributed by atoms with Gasteiger partial charge in [-0.15, -0.1) is 0 Å². The van der Waals surface area contributed by atoms with Crippen LogP contribution in [0.5, 0.6) is 0 Å². The molecule has 0 aliphatic carbocycles. The fourth-order valence-corrected chi connectivity index (χ4v) is 1.95. The summed E-state index contributed by atoms with van der Waals surface area (Å²) >= 11 is 0. The molecule has 0 bridgehead atoms. The van der Waals surface area contributed by atoms with E-state index >= 15 is 0 Å². The summed E-state index contributed by atoms with van der Waals surface area (Å²) in [6.07, 6.45) is 3.53. The molecule has 0 saturated heterocycles. The first-order valence-electron chi connectivity index (χ1n) is 8.37. The average molecular weight is 323 g/mol. The van der Waals surface area contributed by atoms with Crippen LogP contribution in [0.4, 0.5) is 0 Å². The van der Waals surface area contributed by atoms with E-state index in [1.165, 1.54) is 0 Å². The topological polar surface area (TPSA) is 38.1 Å². The van der Waals surface area contributed by atoms with E-state index in [4.69, 9.17) is 4.98 Å². The van der Waals surface area contributed by atoms with Gasteiger partial charge in [0.05, 0.1) is 23.3 Å². The van der Waals surface area contributed by atoms with Crippen molar-refractivity contribution in [1.82, 2.24) is 9.97 Å². The highest BCUT2D eigenvalue weighted by Crippen LogP contribution is 2.24. The number of aryl methyl sites for hydroxylation is 1. The van der Waals surface area contributed by atoms with E-state index in [1.54, 1.807) is 12.3 Å². The Kier molecular flexibility index (Phi) is 10.7. The first-order chi connectivity index (χ1) is 11.7. The van der Waals surface area contributed by atoms with Crippen molar-refractivity contribution >= 4 is 12.3 Å². The average Bonchev–Trinajstić information content (AvgIpc) is 2.67. The monoisotopic (exact) mass is 323 g/mol. The highest BCUT2D eigenvalue weighted by Gasteiger charge is 2.10. The summed E-state index contributed by atoms with van der Waals surface area (Å²) in [5.74, 6) is 0. The third-order valence-electron chi connectivity index (χ3n) is 3.11. The zero-order valence-electron chi connectivity index (χ0n) is 15.8. The van der Waals surface area contributed by atoms with Gasteiger partial charge in [0.2, 0.25) is 0 Å². The summed E-state index contributed by atoms with van der Waals surface area (Å²) in [5.41, 5.74) is 5.18. The Hall–Kier alpha value is -2.55. The van der Waals surface area contributed by atoms with E-state index in [-0.39, 0.29) is 0 Å². The van der Waals surface area contributed by atoms with Gasteiger partial charge in [-0.25, -0.2) is 4.98 Å². The molecule has 1 aromatic heterocycles. The predicted molar refractivity (Wildman–Crippen MR) is 107 cm³/mol. The Morgan fingerprint density at radius 2 is 1.67 bits per heavy atom. The number of hydrogen-bond acceptors (Lipinski definition) is 3. The van der Waals surface area contributed by atoms with Crippen molar-refractivity contribution in [3.05, 3.63) is 66.3 Å². The molecule has 0 aliphatic heterocycles. The minimum Gasteiger partial charge on any atom is -0.269 e. The van der Waals surface area contributed by atoms with Crippen molar-refractivity contribution in [3.63, 3.8) is 0 Å². The summed E-state index contributed by atoms with van der Waals surface area (Å²) in [6, 6.07) is 9.97. The van der Waals surface area contributed by atoms with Crippen LogP contribution in [-0.2, 0) is 0 Å². The maximum absolute atomic E-state index is 4.70. The molecule has 0 radical (unpaired) electrons. The van der Waals surface area contributed by atoms with Crippen LogP contribution in [0.25, 0.3) is 16.8 Å². The Bertz CT molecular complexity index is 671. The van der Waals surface area contributed by atoms with Gasteiger partial charge in [0, 0.05) is 16.8 Å². The quantitative estimate of drug-likeness (QED) is 0.502. The first-order valence-corrected chi connectivity index (χ1v) is 8.37. The zero-order chi connectivity index (χ0) is 18.5. The molecule has 3 nitrogen and oxygen atoms in total.